The van der Waals surface area contributed by atoms with Crippen molar-refractivity contribution in [3.63, 3.8) is 0 Å². The van der Waals surface area contributed by atoms with Crippen molar-refractivity contribution in [2.75, 3.05) is 17.4 Å². The SMILES string of the molecule is CN(Cc1cnn(C)c1)c1nc(NN)ccc1[N+](=O)[O-]. The van der Waals surface area contributed by atoms with Crippen molar-refractivity contribution in [3.05, 3.63) is 40.2 Å². The number of nitrogens with one attached hydrogen (secondary N) is 1. The number of rotatable bonds is 5. The Kier molecular flexibility index (Phi) is 3.80. The van der Waals surface area contributed by atoms with Gasteiger partial charge in [0.2, 0.25) is 5.82 Å². The van der Waals surface area contributed by atoms with Gasteiger partial charge in [-0.3, -0.25) is 14.8 Å². The topological polar surface area (TPSA) is 115 Å². The predicted octanol–water partition coefficient (Wildman–Crippen LogP) is 0.645. The summed E-state index contributed by atoms with van der Waals surface area (Å²) in [6, 6.07) is 2.83. The van der Waals surface area contributed by atoms with Crippen LogP contribution in [0.2, 0.25) is 0 Å². The summed E-state index contributed by atoms with van der Waals surface area (Å²) in [6.07, 6.45) is 3.54. The van der Waals surface area contributed by atoms with Gasteiger partial charge in [0, 0.05) is 38.5 Å². The molecule has 2 heterocycles. The van der Waals surface area contributed by atoms with Gasteiger partial charge >= 0.3 is 5.69 Å². The number of nitrogens with two attached hydrogens (primary N) is 1. The van der Waals surface area contributed by atoms with Gasteiger partial charge in [-0.2, -0.15) is 5.10 Å². The van der Waals surface area contributed by atoms with Gasteiger partial charge in [-0.15, -0.1) is 0 Å². The highest BCUT2D eigenvalue weighted by Crippen LogP contribution is 2.27. The summed E-state index contributed by atoms with van der Waals surface area (Å²) in [7, 11) is 3.53. The van der Waals surface area contributed by atoms with Gasteiger partial charge in [-0.05, 0) is 6.07 Å². The number of nitro groups is 1. The fraction of sp³-hybridized carbons (Fsp3) is 0.273. The summed E-state index contributed by atoms with van der Waals surface area (Å²) in [6.45, 7) is 0.454. The van der Waals surface area contributed by atoms with Crippen LogP contribution in [0.25, 0.3) is 0 Å². The monoisotopic (exact) mass is 277 g/mol. The number of hydrazine groups is 1. The molecule has 20 heavy (non-hydrogen) atoms. The summed E-state index contributed by atoms with van der Waals surface area (Å²) in [4.78, 5) is 16.4. The minimum Gasteiger partial charge on any atom is -0.349 e. The van der Waals surface area contributed by atoms with Crippen LogP contribution < -0.4 is 16.2 Å². The molecule has 0 saturated carbocycles. The maximum Gasteiger partial charge on any atom is 0.311 e. The molecule has 0 saturated heterocycles. The average Bonchev–Trinajstić information content (AvgIpc) is 2.83. The number of pyridine rings is 1. The Morgan fingerprint density at radius 2 is 2.30 bits per heavy atom. The van der Waals surface area contributed by atoms with E-state index in [9.17, 15) is 10.1 Å². The Labute approximate surface area is 115 Å². The van der Waals surface area contributed by atoms with Crippen LogP contribution in [0.5, 0.6) is 0 Å². The molecule has 0 radical (unpaired) electrons. The van der Waals surface area contributed by atoms with Crippen LogP contribution >= 0.6 is 0 Å². The molecular weight excluding hydrogens is 262 g/mol. The van der Waals surface area contributed by atoms with Crippen molar-refractivity contribution in [1.82, 2.24) is 14.8 Å². The van der Waals surface area contributed by atoms with Gasteiger partial charge in [0.1, 0.15) is 5.82 Å². The summed E-state index contributed by atoms with van der Waals surface area (Å²) in [5.41, 5.74) is 3.23. The normalized spacial score (nSPS) is 10.3. The van der Waals surface area contributed by atoms with Crippen molar-refractivity contribution in [2.45, 2.75) is 6.54 Å². The average molecular weight is 277 g/mol. The molecule has 9 heteroatoms. The van der Waals surface area contributed by atoms with E-state index in [1.54, 1.807) is 22.8 Å². The standard InChI is InChI=1S/C11H15N7O2/c1-16(6-8-5-13-17(2)7-8)11-9(18(19)20)3-4-10(14-11)15-12/h3-5,7H,6,12H2,1-2H3,(H,14,15). The van der Waals surface area contributed by atoms with E-state index in [-0.39, 0.29) is 11.5 Å². The molecule has 2 aromatic rings. The third-order valence-electron chi connectivity index (χ3n) is 2.74. The van der Waals surface area contributed by atoms with E-state index in [4.69, 9.17) is 5.84 Å². The molecule has 0 bridgehead atoms. The Balaban J connectivity index is 2.31. The molecule has 0 aromatic carbocycles. The first-order valence-electron chi connectivity index (χ1n) is 5.82. The van der Waals surface area contributed by atoms with Crippen LogP contribution in [0.15, 0.2) is 24.5 Å². The third kappa shape index (κ3) is 2.83. The van der Waals surface area contributed by atoms with Crippen molar-refractivity contribution in [1.29, 1.82) is 0 Å². The minimum absolute atomic E-state index is 0.0737. The first-order chi connectivity index (χ1) is 9.51. The van der Waals surface area contributed by atoms with Crippen molar-refractivity contribution < 1.29 is 4.92 Å². The van der Waals surface area contributed by atoms with E-state index in [0.29, 0.717) is 12.4 Å². The molecule has 2 aromatic heterocycles. The molecule has 0 spiro atoms. The molecule has 0 aliphatic heterocycles. The second-order valence-electron chi connectivity index (χ2n) is 4.32. The Morgan fingerprint density at radius 3 is 2.85 bits per heavy atom. The van der Waals surface area contributed by atoms with Crippen molar-refractivity contribution in [2.24, 2.45) is 12.9 Å². The van der Waals surface area contributed by atoms with Crippen molar-refractivity contribution in [3.8, 4) is 0 Å². The third-order valence-corrected chi connectivity index (χ3v) is 2.74. The van der Waals surface area contributed by atoms with Crippen LogP contribution in [-0.2, 0) is 13.6 Å². The minimum atomic E-state index is -0.470. The lowest BCUT2D eigenvalue weighted by molar-refractivity contribution is -0.384. The maximum absolute atomic E-state index is 11.1. The molecule has 0 amide bonds. The Bertz CT molecular complexity index is 625. The molecule has 0 aliphatic rings. The highest BCUT2D eigenvalue weighted by atomic mass is 16.6. The summed E-state index contributed by atoms with van der Waals surface area (Å²) in [5, 5.41) is 15.1. The van der Waals surface area contributed by atoms with Crippen LogP contribution in [0, 0.1) is 10.1 Å². The maximum atomic E-state index is 11.1. The van der Waals surface area contributed by atoms with Gasteiger partial charge in [0.25, 0.3) is 0 Å². The zero-order chi connectivity index (χ0) is 14.7. The Hall–Kier alpha value is -2.68. The highest BCUT2D eigenvalue weighted by molar-refractivity contribution is 5.61. The number of hydrogen-bond donors (Lipinski definition) is 2. The fourth-order valence-corrected chi connectivity index (χ4v) is 1.85. The second kappa shape index (κ2) is 5.53. The molecule has 3 N–H and O–H groups in total. The van der Waals surface area contributed by atoms with E-state index in [2.05, 4.69) is 15.5 Å². The molecule has 0 fully saturated rings. The molecule has 9 nitrogen and oxygen atoms in total. The number of nitrogen functional groups attached to an aromatic ring is 1. The molecule has 2 rings (SSSR count). The zero-order valence-electron chi connectivity index (χ0n) is 11.1. The number of nitrogens with zero attached hydrogens (tertiary/aromatic N) is 5. The predicted molar refractivity (Wildman–Crippen MR) is 74.0 cm³/mol. The summed E-state index contributed by atoms with van der Waals surface area (Å²) >= 11 is 0. The van der Waals surface area contributed by atoms with E-state index >= 15 is 0 Å². The van der Waals surface area contributed by atoms with E-state index < -0.39 is 4.92 Å². The van der Waals surface area contributed by atoms with Crippen molar-refractivity contribution >= 4 is 17.3 Å². The van der Waals surface area contributed by atoms with E-state index in [1.165, 1.54) is 12.1 Å². The second-order valence-corrected chi connectivity index (χ2v) is 4.32. The fourth-order valence-electron chi connectivity index (χ4n) is 1.85. The van der Waals surface area contributed by atoms with Gasteiger partial charge < -0.3 is 10.3 Å². The number of aryl methyl sites for hydroxylation is 1. The molecule has 0 unspecified atom stereocenters. The lowest BCUT2D eigenvalue weighted by Crippen LogP contribution is -2.20. The van der Waals surface area contributed by atoms with Crippen LogP contribution in [0.1, 0.15) is 5.56 Å². The number of aromatic nitrogens is 3. The largest absolute Gasteiger partial charge is 0.349 e. The molecule has 0 aliphatic carbocycles. The van der Waals surface area contributed by atoms with Gasteiger partial charge in [0.05, 0.1) is 11.1 Å². The van der Waals surface area contributed by atoms with Gasteiger partial charge in [-0.1, -0.05) is 0 Å². The first-order valence-corrected chi connectivity index (χ1v) is 5.82. The molecule has 106 valence electrons. The highest BCUT2D eigenvalue weighted by Gasteiger charge is 2.20. The lowest BCUT2D eigenvalue weighted by Gasteiger charge is -2.17. The smallest absolute Gasteiger partial charge is 0.311 e. The Morgan fingerprint density at radius 1 is 1.55 bits per heavy atom. The van der Waals surface area contributed by atoms with Gasteiger partial charge in [0.15, 0.2) is 0 Å². The zero-order valence-corrected chi connectivity index (χ0v) is 11.1. The van der Waals surface area contributed by atoms with E-state index in [1.807, 2.05) is 13.2 Å². The van der Waals surface area contributed by atoms with Crippen LogP contribution in [0.3, 0.4) is 0 Å². The summed E-state index contributed by atoms with van der Waals surface area (Å²) < 4.78 is 1.67. The lowest BCUT2D eigenvalue weighted by atomic mass is 10.3. The first kappa shape index (κ1) is 13.7. The number of anilines is 2. The van der Waals surface area contributed by atoms with Crippen LogP contribution in [-0.4, -0.2) is 26.7 Å². The summed E-state index contributed by atoms with van der Waals surface area (Å²) in [5.74, 6) is 5.90. The number of hydrogen-bond acceptors (Lipinski definition) is 7. The van der Waals surface area contributed by atoms with Crippen LogP contribution in [0.4, 0.5) is 17.3 Å². The van der Waals surface area contributed by atoms with Gasteiger partial charge in [-0.25, -0.2) is 10.8 Å². The quantitative estimate of drug-likeness (QED) is 0.468. The molecular formula is C11H15N7O2. The molecule has 0 atom stereocenters. The van der Waals surface area contributed by atoms with E-state index in [0.717, 1.165) is 5.56 Å².